The molecule has 17 heavy (non-hydrogen) atoms. The zero-order chi connectivity index (χ0) is 11.9. The van der Waals surface area contributed by atoms with Crippen LogP contribution in [0.5, 0.6) is 0 Å². The van der Waals surface area contributed by atoms with Crippen LogP contribution in [0.4, 0.5) is 0 Å². The highest BCUT2D eigenvalue weighted by Gasteiger charge is 2.29. The molecule has 0 bridgehead atoms. The molecule has 0 amide bonds. The Labute approximate surface area is 105 Å². The van der Waals surface area contributed by atoms with E-state index in [-0.39, 0.29) is 0 Å². The Hall–Kier alpha value is -0.160. The maximum absolute atomic E-state index is 5.65. The van der Waals surface area contributed by atoms with Gasteiger partial charge in [-0.15, -0.1) is 0 Å². The van der Waals surface area contributed by atoms with Gasteiger partial charge in [0.25, 0.3) is 0 Å². The molecule has 2 rings (SSSR count). The lowest BCUT2D eigenvalue weighted by atomic mass is 10.2. The largest absolute Gasteiger partial charge is 0.379 e. The van der Waals surface area contributed by atoms with Gasteiger partial charge in [-0.1, -0.05) is 19.8 Å². The monoisotopic (exact) mass is 242 g/mol. The zero-order valence-corrected chi connectivity index (χ0v) is 11.1. The SMILES string of the molecule is CCCCCN1CCOCC1N1CCOCC1. The van der Waals surface area contributed by atoms with Crippen molar-refractivity contribution in [2.24, 2.45) is 0 Å². The molecule has 4 nitrogen and oxygen atoms in total. The second kappa shape index (κ2) is 7.31. The van der Waals surface area contributed by atoms with Crippen LogP contribution in [0, 0.1) is 0 Å². The van der Waals surface area contributed by atoms with Gasteiger partial charge in [0.15, 0.2) is 0 Å². The predicted octanol–water partition coefficient (Wildman–Crippen LogP) is 1.17. The van der Waals surface area contributed by atoms with Crippen LogP contribution in [0.3, 0.4) is 0 Å². The van der Waals surface area contributed by atoms with Gasteiger partial charge in [-0.25, -0.2) is 0 Å². The van der Waals surface area contributed by atoms with Crippen molar-refractivity contribution >= 4 is 0 Å². The molecule has 0 radical (unpaired) electrons. The van der Waals surface area contributed by atoms with E-state index in [1.807, 2.05) is 0 Å². The Kier molecular flexibility index (Phi) is 5.71. The van der Waals surface area contributed by atoms with Crippen molar-refractivity contribution in [2.75, 3.05) is 52.6 Å². The molecule has 2 saturated heterocycles. The molecule has 0 N–H and O–H groups in total. The van der Waals surface area contributed by atoms with Crippen LogP contribution < -0.4 is 0 Å². The summed E-state index contributed by atoms with van der Waals surface area (Å²) in [7, 11) is 0. The normalized spacial score (nSPS) is 28.4. The molecule has 0 spiro atoms. The molecule has 2 fully saturated rings. The van der Waals surface area contributed by atoms with E-state index in [2.05, 4.69) is 16.7 Å². The van der Waals surface area contributed by atoms with Crippen molar-refractivity contribution in [3.8, 4) is 0 Å². The van der Waals surface area contributed by atoms with E-state index in [0.717, 1.165) is 46.1 Å². The molecule has 2 aliphatic rings. The number of morpholine rings is 2. The first kappa shape index (κ1) is 13.3. The van der Waals surface area contributed by atoms with E-state index >= 15 is 0 Å². The summed E-state index contributed by atoms with van der Waals surface area (Å²) in [5.41, 5.74) is 0. The molecular formula is C13H26N2O2. The first-order valence-electron chi connectivity index (χ1n) is 7.05. The lowest BCUT2D eigenvalue weighted by Gasteiger charge is -2.43. The quantitative estimate of drug-likeness (QED) is 0.676. The van der Waals surface area contributed by atoms with Crippen LogP contribution in [0.2, 0.25) is 0 Å². The van der Waals surface area contributed by atoms with Crippen LogP contribution >= 0.6 is 0 Å². The fourth-order valence-corrected chi connectivity index (χ4v) is 2.66. The Morgan fingerprint density at radius 1 is 1.00 bits per heavy atom. The molecule has 2 aliphatic heterocycles. The molecule has 0 saturated carbocycles. The lowest BCUT2D eigenvalue weighted by molar-refractivity contribution is -0.102. The third-order valence-electron chi connectivity index (χ3n) is 3.73. The maximum atomic E-state index is 5.65. The summed E-state index contributed by atoms with van der Waals surface area (Å²) in [5, 5.41) is 0. The van der Waals surface area contributed by atoms with E-state index in [0.29, 0.717) is 6.17 Å². The first-order chi connectivity index (χ1) is 8.42. The van der Waals surface area contributed by atoms with Crippen LogP contribution in [0.15, 0.2) is 0 Å². The van der Waals surface area contributed by atoms with Crippen molar-refractivity contribution in [3.63, 3.8) is 0 Å². The minimum absolute atomic E-state index is 0.490. The Balaban J connectivity index is 1.82. The van der Waals surface area contributed by atoms with Gasteiger partial charge in [-0.3, -0.25) is 9.80 Å². The average molecular weight is 242 g/mol. The topological polar surface area (TPSA) is 24.9 Å². The van der Waals surface area contributed by atoms with E-state index in [1.165, 1.54) is 25.8 Å². The van der Waals surface area contributed by atoms with E-state index < -0.39 is 0 Å². The standard InChI is InChI=1S/C13H26N2O2/c1-2-3-4-5-14-8-11-17-12-13(14)15-6-9-16-10-7-15/h13H,2-12H2,1H3. The van der Waals surface area contributed by atoms with Gasteiger partial charge in [0, 0.05) is 19.6 Å². The molecule has 0 aromatic heterocycles. The summed E-state index contributed by atoms with van der Waals surface area (Å²) in [6.07, 6.45) is 4.45. The van der Waals surface area contributed by atoms with Crippen LogP contribution in [0.25, 0.3) is 0 Å². The molecule has 2 heterocycles. The number of unbranched alkanes of at least 4 members (excludes halogenated alkanes) is 2. The van der Waals surface area contributed by atoms with Crippen molar-refractivity contribution in [1.82, 2.24) is 9.80 Å². The van der Waals surface area contributed by atoms with Crippen LogP contribution in [-0.2, 0) is 9.47 Å². The second-order valence-electron chi connectivity index (χ2n) is 4.95. The van der Waals surface area contributed by atoms with Gasteiger partial charge in [0.1, 0.15) is 0 Å². The van der Waals surface area contributed by atoms with Crippen molar-refractivity contribution in [3.05, 3.63) is 0 Å². The predicted molar refractivity (Wildman–Crippen MR) is 68.1 cm³/mol. The lowest BCUT2D eigenvalue weighted by Crippen LogP contribution is -2.57. The number of hydrogen-bond acceptors (Lipinski definition) is 4. The fraction of sp³-hybridized carbons (Fsp3) is 1.00. The van der Waals surface area contributed by atoms with Crippen molar-refractivity contribution < 1.29 is 9.47 Å². The second-order valence-corrected chi connectivity index (χ2v) is 4.95. The minimum atomic E-state index is 0.490. The molecular weight excluding hydrogens is 216 g/mol. The van der Waals surface area contributed by atoms with E-state index in [9.17, 15) is 0 Å². The number of hydrogen-bond donors (Lipinski definition) is 0. The number of rotatable bonds is 5. The number of nitrogens with zero attached hydrogens (tertiary/aromatic N) is 2. The smallest absolute Gasteiger partial charge is 0.0866 e. The van der Waals surface area contributed by atoms with E-state index in [4.69, 9.17) is 9.47 Å². The Morgan fingerprint density at radius 3 is 2.53 bits per heavy atom. The van der Waals surface area contributed by atoms with Gasteiger partial charge in [0.2, 0.25) is 0 Å². The third-order valence-corrected chi connectivity index (χ3v) is 3.73. The molecule has 0 aromatic rings. The molecule has 0 aromatic carbocycles. The molecule has 100 valence electrons. The third kappa shape index (κ3) is 3.91. The molecule has 0 aliphatic carbocycles. The van der Waals surface area contributed by atoms with Gasteiger partial charge in [-0.05, 0) is 13.0 Å². The molecule has 4 heteroatoms. The van der Waals surface area contributed by atoms with Crippen LogP contribution in [0.1, 0.15) is 26.2 Å². The van der Waals surface area contributed by atoms with E-state index in [1.54, 1.807) is 0 Å². The summed E-state index contributed by atoms with van der Waals surface area (Å²) in [6.45, 7) is 10.2. The van der Waals surface area contributed by atoms with Gasteiger partial charge >= 0.3 is 0 Å². The Bertz CT molecular complexity index is 208. The van der Waals surface area contributed by atoms with Gasteiger partial charge < -0.3 is 9.47 Å². The molecule has 1 unspecified atom stereocenters. The fourth-order valence-electron chi connectivity index (χ4n) is 2.66. The summed E-state index contributed by atoms with van der Waals surface area (Å²) >= 11 is 0. The highest BCUT2D eigenvalue weighted by atomic mass is 16.5. The summed E-state index contributed by atoms with van der Waals surface area (Å²) in [5.74, 6) is 0. The number of ether oxygens (including phenoxy) is 2. The van der Waals surface area contributed by atoms with Crippen molar-refractivity contribution in [1.29, 1.82) is 0 Å². The minimum Gasteiger partial charge on any atom is -0.379 e. The summed E-state index contributed by atoms with van der Waals surface area (Å²) in [4.78, 5) is 5.12. The van der Waals surface area contributed by atoms with Gasteiger partial charge in [-0.2, -0.15) is 0 Å². The summed E-state index contributed by atoms with van der Waals surface area (Å²) in [6, 6.07) is 0. The zero-order valence-electron chi connectivity index (χ0n) is 11.1. The first-order valence-corrected chi connectivity index (χ1v) is 7.05. The summed E-state index contributed by atoms with van der Waals surface area (Å²) < 4.78 is 11.1. The van der Waals surface area contributed by atoms with Crippen molar-refractivity contribution in [2.45, 2.75) is 32.4 Å². The molecule has 1 atom stereocenters. The highest BCUT2D eigenvalue weighted by Crippen LogP contribution is 2.14. The average Bonchev–Trinajstić information content (AvgIpc) is 2.41. The highest BCUT2D eigenvalue weighted by molar-refractivity contribution is 4.78. The maximum Gasteiger partial charge on any atom is 0.0866 e. The van der Waals surface area contributed by atoms with Crippen LogP contribution in [-0.4, -0.2) is 68.6 Å². The van der Waals surface area contributed by atoms with Gasteiger partial charge in [0.05, 0.1) is 32.6 Å². The Morgan fingerprint density at radius 2 is 1.76 bits per heavy atom.